The largest absolute Gasteiger partial charge is 0.465 e. The van der Waals surface area contributed by atoms with E-state index in [4.69, 9.17) is 9.15 Å². The summed E-state index contributed by atoms with van der Waals surface area (Å²) in [6, 6.07) is 11.8. The zero-order valence-electron chi connectivity index (χ0n) is 15.2. The number of hydrogen-bond donors (Lipinski definition) is 1. The molecule has 1 amide bonds. The topological polar surface area (TPSA) is 112 Å². The molecule has 12 heteroatoms. The summed E-state index contributed by atoms with van der Waals surface area (Å²) < 4.78 is 47.7. The maximum absolute atomic E-state index is 12.6. The second-order valence-corrected chi connectivity index (χ2v) is 5.79. The molecule has 0 saturated carbocycles. The first-order valence-electron chi connectivity index (χ1n) is 8.43. The molecule has 0 aliphatic rings. The minimum atomic E-state index is -4.58. The zero-order valence-corrected chi connectivity index (χ0v) is 15.2. The standard InChI is InChI=1S/C18H14F3N5O4/c19-18(20,21)11-22-15(27)10-30-17(28)14(9-13-7-4-8-29-13)26-16(23-24-25-26)12-5-2-1-3-6-12/h1-9H,10-11H2,(H,22,27)/b14-9-. The fourth-order valence-electron chi connectivity index (χ4n) is 2.29. The monoisotopic (exact) mass is 421 g/mol. The van der Waals surface area contributed by atoms with E-state index in [9.17, 15) is 22.8 Å². The van der Waals surface area contributed by atoms with E-state index >= 15 is 0 Å². The third-order valence-corrected chi connectivity index (χ3v) is 3.58. The number of ether oxygens (including phenoxy) is 1. The van der Waals surface area contributed by atoms with Crippen LogP contribution in [-0.2, 0) is 14.3 Å². The van der Waals surface area contributed by atoms with Crippen LogP contribution in [0.5, 0.6) is 0 Å². The molecule has 0 spiro atoms. The van der Waals surface area contributed by atoms with Crippen LogP contribution in [0.3, 0.4) is 0 Å². The number of rotatable bonds is 7. The number of carbonyl (C=O) groups excluding carboxylic acids is 2. The summed E-state index contributed by atoms with van der Waals surface area (Å²) in [5.41, 5.74) is 0.376. The fraction of sp³-hybridized carbons (Fsp3) is 0.167. The number of nitrogens with one attached hydrogen (secondary N) is 1. The lowest BCUT2D eigenvalue weighted by molar-refractivity contribution is -0.147. The van der Waals surface area contributed by atoms with Gasteiger partial charge in [-0.25, -0.2) is 4.79 Å². The lowest BCUT2D eigenvalue weighted by atomic mass is 10.2. The summed E-state index contributed by atoms with van der Waals surface area (Å²) in [7, 11) is 0. The van der Waals surface area contributed by atoms with Gasteiger partial charge in [0.2, 0.25) is 0 Å². The number of alkyl halides is 3. The summed E-state index contributed by atoms with van der Waals surface area (Å²) in [4.78, 5) is 24.1. The second kappa shape index (κ2) is 9.03. The molecule has 0 fully saturated rings. The van der Waals surface area contributed by atoms with Crippen LogP contribution >= 0.6 is 0 Å². The summed E-state index contributed by atoms with van der Waals surface area (Å²) in [5, 5.41) is 12.8. The number of carbonyl (C=O) groups is 2. The van der Waals surface area contributed by atoms with Crippen LogP contribution in [0.1, 0.15) is 5.76 Å². The van der Waals surface area contributed by atoms with Crippen LogP contribution in [-0.4, -0.2) is 51.4 Å². The Hall–Kier alpha value is -3.96. The van der Waals surface area contributed by atoms with Crippen molar-refractivity contribution in [1.29, 1.82) is 0 Å². The van der Waals surface area contributed by atoms with Crippen LogP contribution in [0, 0.1) is 0 Å². The van der Waals surface area contributed by atoms with E-state index < -0.39 is 31.2 Å². The number of aromatic nitrogens is 4. The van der Waals surface area contributed by atoms with Gasteiger partial charge < -0.3 is 14.5 Å². The van der Waals surface area contributed by atoms with E-state index in [1.807, 2.05) is 0 Å². The van der Waals surface area contributed by atoms with Gasteiger partial charge in [0.25, 0.3) is 5.91 Å². The normalized spacial score (nSPS) is 11.9. The summed E-state index contributed by atoms with van der Waals surface area (Å²) in [6.07, 6.45) is -1.93. The van der Waals surface area contributed by atoms with Crippen molar-refractivity contribution in [3.63, 3.8) is 0 Å². The van der Waals surface area contributed by atoms with E-state index in [1.54, 1.807) is 47.8 Å². The molecule has 0 aliphatic carbocycles. The highest BCUT2D eigenvalue weighted by molar-refractivity contribution is 6.15. The summed E-state index contributed by atoms with van der Waals surface area (Å²) >= 11 is 0. The fourth-order valence-corrected chi connectivity index (χ4v) is 2.29. The molecule has 0 saturated heterocycles. The van der Waals surface area contributed by atoms with Crippen molar-refractivity contribution in [3.05, 3.63) is 54.5 Å². The summed E-state index contributed by atoms with van der Waals surface area (Å²) in [5.74, 6) is -1.69. The molecule has 1 aromatic carbocycles. The van der Waals surface area contributed by atoms with E-state index in [0.29, 0.717) is 5.56 Å². The van der Waals surface area contributed by atoms with Gasteiger partial charge in [0.15, 0.2) is 18.1 Å². The third-order valence-electron chi connectivity index (χ3n) is 3.58. The Labute approximate surface area is 167 Å². The van der Waals surface area contributed by atoms with E-state index in [0.717, 1.165) is 4.68 Å². The van der Waals surface area contributed by atoms with E-state index in [2.05, 4.69) is 15.5 Å². The van der Waals surface area contributed by atoms with Crippen LogP contribution in [0.15, 0.2) is 53.1 Å². The van der Waals surface area contributed by atoms with Gasteiger partial charge in [-0.2, -0.15) is 17.9 Å². The molecule has 2 heterocycles. The first-order valence-corrected chi connectivity index (χ1v) is 8.43. The molecule has 0 bridgehead atoms. The molecule has 3 aromatic rings. The maximum atomic E-state index is 12.6. The molecule has 9 nitrogen and oxygen atoms in total. The van der Waals surface area contributed by atoms with Crippen molar-refractivity contribution in [2.24, 2.45) is 0 Å². The average Bonchev–Trinajstić information content (AvgIpc) is 3.40. The quantitative estimate of drug-likeness (QED) is 0.460. The molecule has 2 aromatic heterocycles. The van der Waals surface area contributed by atoms with Crippen LogP contribution in [0.2, 0.25) is 0 Å². The number of halogens is 3. The van der Waals surface area contributed by atoms with Crippen LogP contribution < -0.4 is 5.32 Å². The van der Waals surface area contributed by atoms with Crippen molar-refractivity contribution in [2.75, 3.05) is 13.2 Å². The zero-order chi connectivity index (χ0) is 21.6. The van der Waals surface area contributed by atoms with Gasteiger partial charge in [0.05, 0.1) is 6.26 Å². The molecular formula is C18H14F3N5O4. The van der Waals surface area contributed by atoms with Gasteiger partial charge in [0.1, 0.15) is 12.3 Å². The van der Waals surface area contributed by atoms with Crippen molar-refractivity contribution in [1.82, 2.24) is 25.5 Å². The van der Waals surface area contributed by atoms with Crippen molar-refractivity contribution >= 4 is 23.6 Å². The maximum Gasteiger partial charge on any atom is 0.405 e. The highest BCUT2D eigenvalue weighted by atomic mass is 19.4. The van der Waals surface area contributed by atoms with Gasteiger partial charge in [-0.15, -0.1) is 5.10 Å². The Bertz CT molecular complexity index is 1030. The molecule has 1 N–H and O–H groups in total. The molecular weight excluding hydrogens is 407 g/mol. The number of benzene rings is 1. The SMILES string of the molecule is O=C(COC(=O)/C(=C/c1ccco1)n1nnnc1-c1ccccc1)NCC(F)(F)F. The second-order valence-electron chi connectivity index (χ2n) is 5.79. The van der Waals surface area contributed by atoms with E-state index in [-0.39, 0.29) is 17.3 Å². The average molecular weight is 421 g/mol. The lowest BCUT2D eigenvalue weighted by Gasteiger charge is -2.11. The number of nitrogens with zero attached hydrogens (tertiary/aromatic N) is 4. The Morgan fingerprint density at radius 3 is 2.60 bits per heavy atom. The first kappa shape index (κ1) is 20.8. The molecule has 156 valence electrons. The number of tetrazole rings is 1. The molecule has 30 heavy (non-hydrogen) atoms. The van der Waals surface area contributed by atoms with Crippen molar-refractivity contribution in [2.45, 2.75) is 6.18 Å². The first-order chi connectivity index (χ1) is 14.3. The Morgan fingerprint density at radius 1 is 1.17 bits per heavy atom. The Balaban J connectivity index is 1.82. The van der Waals surface area contributed by atoms with Crippen molar-refractivity contribution < 1.29 is 31.9 Å². The number of esters is 1. The van der Waals surface area contributed by atoms with Crippen molar-refractivity contribution in [3.8, 4) is 11.4 Å². The van der Waals surface area contributed by atoms with Crippen LogP contribution in [0.25, 0.3) is 23.2 Å². The third kappa shape index (κ3) is 5.53. The highest BCUT2D eigenvalue weighted by Gasteiger charge is 2.28. The van der Waals surface area contributed by atoms with Gasteiger partial charge in [0, 0.05) is 11.6 Å². The minimum absolute atomic E-state index is 0.201. The van der Waals surface area contributed by atoms with Crippen LogP contribution in [0.4, 0.5) is 13.2 Å². The van der Waals surface area contributed by atoms with Gasteiger partial charge in [-0.05, 0) is 22.6 Å². The number of hydrogen-bond acceptors (Lipinski definition) is 7. The number of amides is 1. The molecule has 0 aliphatic heterocycles. The predicted octanol–water partition coefficient (Wildman–Crippen LogP) is 2.15. The predicted molar refractivity (Wildman–Crippen MR) is 96.2 cm³/mol. The smallest absolute Gasteiger partial charge is 0.405 e. The van der Waals surface area contributed by atoms with Gasteiger partial charge in [-0.1, -0.05) is 30.3 Å². The van der Waals surface area contributed by atoms with E-state index in [1.165, 1.54) is 12.3 Å². The summed E-state index contributed by atoms with van der Waals surface area (Å²) in [6.45, 7) is -2.46. The molecule has 0 atom stereocenters. The molecule has 3 rings (SSSR count). The number of furan rings is 1. The van der Waals surface area contributed by atoms with Gasteiger partial charge in [-0.3, -0.25) is 4.79 Å². The molecule has 0 radical (unpaired) electrons. The molecule has 0 unspecified atom stereocenters. The minimum Gasteiger partial charge on any atom is -0.465 e. The van der Waals surface area contributed by atoms with Gasteiger partial charge >= 0.3 is 12.1 Å². The lowest BCUT2D eigenvalue weighted by Crippen LogP contribution is -2.36. The highest BCUT2D eigenvalue weighted by Crippen LogP contribution is 2.21. The Morgan fingerprint density at radius 2 is 1.93 bits per heavy atom. The Kier molecular flexibility index (Phi) is 6.25.